The fraction of sp³-hybridized carbons (Fsp3) is 0.318. The number of benzene rings is 2. The number of aromatic nitrogens is 3. The van der Waals surface area contributed by atoms with Crippen LogP contribution in [0.2, 0.25) is 0 Å². The molecule has 0 radical (unpaired) electrons. The summed E-state index contributed by atoms with van der Waals surface area (Å²) in [6.45, 7) is 2.05. The Bertz CT molecular complexity index is 1040. The second-order valence-corrected chi connectivity index (χ2v) is 7.54. The van der Waals surface area contributed by atoms with Crippen LogP contribution in [0, 0.1) is 0 Å². The van der Waals surface area contributed by atoms with E-state index < -0.39 is 0 Å². The van der Waals surface area contributed by atoms with E-state index in [4.69, 9.17) is 9.47 Å². The van der Waals surface area contributed by atoms with Crippen LogP contribution in [0.15, 0.2) is 48.5 Å². The van der Waals surface area contributed by atoms with Crippen LogP contribution in [0.3, 0.4) is 0 Å². The number of nitrogens with zero attached hydrogens (tertiary/aromatic N) is 3. The molecule has 3 aromatic rings. The molecule has 0 spiro atoms. The molecule has 1 atom stereocenters. The van der Waals surface area contributed by atoms with Crippen molar-refractivity contribution >= 4 is 6.03 Å². The van der Waals surface area contributed by atoms with Crippen molar-refractivity contribution in [2.75, 3.05) is 19.9 Å². The highest BCUT2D eigenvalue weighted by molar-refractivity contribution is 5.74. The molecule has 30 heavy (non-hydrogen) atoms. The normalized spacial score (nSPS) is 17.7. The molecule has 2 aliphatic heterocycles. The Labute approximate surface area is 174 Å². The molecule has 2 aliphatic rings. The van der Waals surface area contributed by atoms with Gasteiger partial charge in [-0.1, -0.05) is 36.4 Å². The predicted molar refractivity (Wildman–Crippen MR) is 110 cm³/mol. The summed E-state index contributed by atoms with van der Waals surface area (Å²) in [6.07, 6.45) is 1.92. The van der Waals surface area contributed by atoms with Crippen molar-refractivity contribution in [1.29, 1.82) is 0 Å². The zero-order valence-electron chi connectivity index (χ0n) is 16.5. The number of piperidine rings is 1. The molecule has 3 heterocycles. The van der Waals surface area contributed by atoms with Gasteiger partial charge in [-0.2, -0.15) is 5.10 Å². The van der Waals surface area contributed by atoms with Crippen LogP contribution in [0.4, 0.5) is 4.79 Å². The lowest BCUT2D eigenvalue weighted by molar-refractivity contribution is 0.173. The van der Waals surface area contributed by atoms with Gasteiger partial charge in [0.1, 0.15) is 5.82 Å². The maximum absolute atomic E-state index is 12.7. The number of hydrogen-bond donors (Lipinski definition) is 2. The first kappa shape index (κ1) is 18.5. The van der Waals surface area contributed by atoms with E-state index >= 15 is 0 Å². The molecule has 2 amide bonds. The summed E-state index contributed by atoms with van der Waals surface area (Å²) < 4.78 is 10.7. The molecule has 2 N–H and O–H groups in total. The summed E-state index contributed by atoms with van der Waals surface area (Å²) in [4.78, 5) is 19.2. The molecule has 1 saturated heterocycles. The van der Waals surface area contributed by atoms with Crippen molar-refractivity contribution in [2.24, 2.45) is 0 Å². The molecule has 0 aliphatic carbocycles. The van der Waals surface area contributed by atoms with Gasteiger partial charge in [-0.05, 0) is 30.5 Å². The van der Waals surface area contributed by atoms with Crippen LogP contribution >= 0.6 is 0 Å². The van der Waals surface area contributed by atoms with E-state index in [9.17, 15) is 4.79 Å². The van der Waals surface area contributed by atoms with Crippen LogP contribution < -0.4 is 14.8 Å². The van der Waals surface area contributed by atoms with Crippen molar-refractivity contribution in [3.63, 3.8) is 0 Å². The van der Waals surface area contributed by atoms with Gasteiger partial charge in [0, 0.05) is 31.1 Å². The van der Waals surface area contributed by atoms with Crippen LogP contribution in [-0.2, 0) is 6.54 Å². The first-order chi connectivity index (χ1) is 14.8. The topological polar surface area (TPSA) is 92.4 Å². The van der Waals surface area contributed by atoms with Crippen molar-refractivity contribution in [2.45, 2.75) is 25.3 Å². The maximum atomic E-state index is 12.7. The first-order valence-corrected chi connectivity index (χ1v) is 10.2. The van der Waals surface area contributed by atoms with E-state index in [2.05, 4.69) is 20.5 Å². The van der Waals surface area contributed by atoms with Crippen LogP contribution in [0.25, 0.3) is 11.4 Å². The summed E-state index contributed by atoms with van der Waals surface area (Å²) in [5.74, 6) is 3.14. The number of carbonyl (C=O) groups excluding carboxylic acids is 1. The van der Waals surface area contributed by atoms with Crippen LogP contribution in [0.5, 0.6) is 11.5 Å². The summed E-state index contributed by atoms with van der Waals surface area (Å²) >= 11 is 0. The minimum Gasteiger partial charge on any atom is -0.454 e. The second kappa shape index (κ2) is 8.06. The quantitative estimate of drug-likeness (QED) is 0.695. The monoisotopic (exact) mass is 405 g/mol. The SMILES string of the molecule is O=C(NCc1ccc2c(c1)OCO2)N1CCC[C@H](c2nc(-c3ccccc3)n[nH]2)C1. The number of aromatic amines is 1. The Balaban J connectivity index is 1.20. The Kier molecular flexibility index (Phi) is 4.96. The predicted octanol–water partition coefficient (Wildman–Crippen LogP) is 3.29. The number of hydrogen-bond acceptors (Lipinski definition) is 5. The van der Waals surface area contributed by atoms with Crippen LogP contribution in [-0.4, -0.2) is 46.0 Å². The number of rotatable bonds is 4. The number of fused-ring (bicyclic) bond motifs is 1. The lowest BCUT2D eigenvalue weighted by Crippen LogP contribution is -2.44. The van der Waals surface area contributed by atoms with Gasteiger partial charge in [0.15, 0.2) is 17.3 Å². The third-order valence-electron chi connectivity index (χ3n) is 5.51. The van der Waals surface area contributed by atoms with E-state index in [0.29, 0.717) is 18.9 Å². The maximum Gasteiger partial charge on any atom is 0.317 e. The van der Waals surface area contributed by atoms with Gasteiger partial charge in [0.05, 0.1) is 0 Å². The second-order valence-electron chi connectivity index (χ2n) is 7.54. The number of carbonyl (C=O) groups is 1. The Morgan fingerprint density at radius 2 is 2.03 bits per heavy atom. The average molecular weight is 405 g/mol. The standard InChI is InChI=1S/C22H23N5O3/c28-22(23-12-15-8-9-18-19(11-15)30-14-29-18)27-10-4-7-17(13-27)21-24-20(25-26-21)16-5-2-1-3-6-16/h1-3,5-6,8-9,11,17H,4,7,10,12-14H2,(H,23,28)(H,24,25,26)/t17-/m0/s1. The molecule has 0 bridgehead atoms. The first-order valence-electron chi connectivity index (χ1n) is 10.2. The summed E-state index contributed by atoms with van der Waals surface area (Å²) in [5.41, 5.74) is 1.96. The highest BCUT2D eigenvalue weighted by Crippen LogP contribution is 2.32. The number of urea groups is 1. The Hall–Kier alpha value is -3.55. The highest BCUT2D eigenvalue weighted by atomic mass is 16.7. The molecule has 8 heteroatoms. The van der Waals surface area contributed by atoms with Gasteiger partial charge in [-0.25, -0.2) is 9.78 Å². The van der Waals surface area contributed by atoms with E-state index in [1.165, 1.54) is 0 Å². The third-order valence-corrected chi connectivity index (χ3v) is 5.51. The van der Waals surface area contributed by atoms with E-state index in [1.807, 2.05) is 53.4 Å². The van der Waals surface area contributed by atoms with Crippen LogP contribution in [0.1, 0.15) is 30.1 Å². The van der Waals surface area contributed by atoms with Gasteiger partial charge in [0.2, 0.25) is 6.79 Å². The molecule has 0 saturated carbocycles. The van der Waals surface area contributed by atoms with Gasteiger partial charge >= 0.3 is 6.03 Å². The molecule has 1 fully saturated rings. The molecular formula is C22H23N5O3. The molecule has 5 rings (SSSR count). The minimum absolute atomic E-state index is 0.0693. The number of ether oxygens (including phenoxy) is 2. The summed E-state index contributed by atoms with van der Waals surface area (Å²) in [6, 6.07) is 15.5. The average Bonchev–Trinajstić information content (AvgIpc) is 3.47. The number of H-pyrrole nitrogens is 1. The molecule has 8 nitrogen and oxygen atoms in total. The van der Waals surface area contributed by atoms with E-state index in [-0.39, 0.29) is 18.7 Å². The third kappa shape index (κ3) is 3.80. The highest BCUT2D eigenvalue weighted by Gasteiger charge is 2.27. The van der Waals surface area contributed by atoms with Gasteiger partial charge in [0.25, 0.3) is 0 Å². The van der Waals surface area contributed by atoms with Crippen molar-refractivity contribution in [1.82, 2.24) is 25.4 Å². The molecule has 0 unspecified atom stereocenters. The minimum atomic E-state index is -0.0693. The van der Waals surface area contributed by atoms with Crippen molar-refractivity contribution in [3.8, 4) is 22.9 Å². The van der Waals surface area contributed by atoms with Gasteiger partial charge in [-0.15, -0.1) is 0 Å². The largest absolute Gasteiger partial charge is 0.454 e. The number of amides is 2. The molecular weight excluding hydrogens is 382 g/mol. The molecule has 1 aromatic heterocycles. The summed E-state index contributed by atoms with van der Waals surface area (Å²) in [5, 5.41) is 10.4. The van der Waals surface area contributed by atoms with E-state index in [1.54, 1.807) is 0 Å². The summed E-state index contributed by atoms with van der Waals surface area (Å²) in [7, 11) is 0. The Morgan fingerprint density at radius 3 is 2.93 bits per heavy atom. The zero-order valence-corrected chi connectivity index (χ0v) is 16.5. The molecule has 2 aromatic carbocycles. The number of likely N-dealkylation sites (tertiary alicyclic amines) is 1. The van der Waals surface area contributed by atoms with Gasteiger partial charge in [-0.3, -0.25) is 5.10 Å². The van der Waals surface area contributed by atoms with E-state index in [0.717, 1.165) is 47.8 Å². The smallest absolute Gasteiger partial charge is 0.317 e. The lowest BCUT2D eigenvalue weighted by Gasteiger charge is -2.31. The zero-order chi connectivity index (χ0) is 20.3. The molecule has 154 valence electrons. The Morgan fingerprint density at radius 1 is 1.17 bits per heavy atom. The number of nitrogens with one attached hydrogen (secondary N) is 2. The fourth-order valence-electron chi connectivity index (χ4n) is 3.90. The van der Waals surface area contributed by atoms with Crippen molar-refractivity contribution in [3.05, 3.63) is 59.9 Å². The van der Waals surface area contributed by atoms with Gasteiger partial charge < -0.3 is 19.7 Å². The fourth-order valence-corrected chi connectivity index (χ4v) is 3.90. The van der Waals surface area contributed by atoms with Crippen molar-refractivity contribution < 1.29 is 14.3 Å². The lowest BCUT2D eigenvalue weighted by atomic mass is 9.97.